The molecular formula is C23H38IN7O2. The van der Waals surface area contributed by atoms with E-state index in [4.69, 9.17) is 4.74 Å². The molecule has 1 aromatic rings. The van der Waals surface area contributed by atoms with Crippen molar-refractivity contribution >= 4 is 41.7 Å². The van der Waals surface area contributed by atoms with Crippen molar-refractivity contribution in [3.05, 3.63) is 23.9 Å². The quantitative estimate of drug-likeness (QED) is 0.324. The Hall–Kier alpha value is -1.66. The smallest absolute Gasteiger partial charge is 0.239 e. The SMILES string of the molecule is CN=C(NCc1cccnc1N1CCOCC1)N1CCN(C(C)C(=O)N2CCCC2)CC1.I. The molecule has 4 heterocycles. The van der Waals surface area contributed by atoms with E-state index in [2.05, 4.69) is 43.0 Å². The molecule has 9 nitrogen and oxygen atoms in total. The van der Waals surface area contributed by atoms with Gasteiger partial charge in [-0.05, 0) is 25.8 Å². The number of anilines is 1. The van der Waals surface area contributed by atoms with Crippen LogP contribution in [-0.2, 0) is 16.1 Å². The first-order valence-electron chi connectivity index (χ1n) is 11.9. The van der Waals surface area contributed by atoms with E-state index < -0.39 is 0 Å². The maximum atomic E-state index is 12.8. The predicted octanol–water partition coefficient (Wildman–Crippen LogP) is 1.24. The Morgan fingerprint density at radius 3 is 2.45 bits per heavy atom. The van der Waals surface area contributed by atoms with Gasteiger partial charge in [-0.15, -0.1) is 24.0 Å². The summed E-state index contributed by atoms with van der Waals surface area (Å²) < 4.78 is 5.49. The molecule has 3 fully saturated rings. The molecule has 0 spiro atoms. The number of rotatable bonds is 5. The molecule has 0 radical (unpaired) electrons. The number of hydrogen-bond acceptors (Lipinski definition) is 6. The number of nitrogens with zero attached hydrogens (tertiary/aromatic N) is 6. The summed E-state index contributed by atoms with van der Waals surface area (Å²) in [5, 5.41) is 3.53. The standard InChI is InChI=1S/C23H37N7O2.HI/c1-19(22(31)29-8-3-4-9-29)27-10-12-30(13-11-27)23(24-2)26-18-20-6-5-7-25-21(20)28-14-16-32-17-15-28;/h5-7,19H,3-4,8-18H2,1-2H3,(H,24,26);1H. The van der Waals surface area contributed by atoms with Crippen LogP contribution in [0.4, 0.5) is 5.82 Å². The highest BCUT2D eigenvalue weighted by Crippen LogP contribution is 2.19. The van der Waals surface area contributed by atoms with Gasteiger partial charge >= 0.3 is 0 Å². The van der Waals surface area contributed by atoms with Gasteiger partial charge < -0.3 is 24.8 Å². The lowest BCUT2D eigenvalue weighted by atomic mass is 10.2. The summed E-state index contributed by atoms with van der Waals surface area (Å²) in [4.78, 5) is 30.8. The average Bonchev–Trinajstić information content (AvgIpc) is 3.40. The number of piperazine rings is 1. The molecule has 0 bridgehead atoms. The number of halogens is 1. The summed E-state index contributed by atoms with van der Waals surface area (Å²) in [6.07, 6.45) is 4.13. The van der Waals surface area contributed by atoms with Gasteiger partial charge in [0, 0.05) is 77.7 Å². The van der Waals surface area contributed by atoms with Crippen LogP contribution in [0.5, 0.6) is 0 Å². The Balaban J connectivity index is 0.00000306. The number of aromatic nitrogens is 1. The van der Waals surface area contributed by atoms with Crippen LogP contribution in [0.25, 0.3) is 0 Å². The van der Waals surface area contributed by atoms with Crippen molar-refractivity contribution in [2.24, 2.45) is 4.99 Å². The van der Waals surface area contributed by atoms with Crippen molar-refractivity contribution in [1.29, 1.82) is 0 Å². The Labute approximate surface area is 214 Å². The van der Waals surface area contributed by atoms with Gasteiger partial charge in [-0.3, -0.25) is 14.7 Å². The van der Waals surface area contributed by atoms with Gasteiger partial charge in [0.1, 0.15) is 5.82 Å². The Bertz CT molecular complexity index is 789. The first-order valence-corrected chi connectivity index (χ1v) is 11.9. The number of ether oxygens (including phenoxy) is 1. The highest BCUT2D eigenvalue weighted by Gasteiger charge is 2.30. The number of hydrogen-bond donors (Lipinski definition) is 1. The van der Waals surface area contributed by atoms with E-state index in [0.29, 0.717) is 6.54 Å². The van der Waals surface area contributed by atoms with Crippen molar-refractivity contribution in [3.63, 3.8) is 0 Å². The zero-order valence-corrected chi connectivity index (χ0v) is 22.2. The third kappa shape index (κ3) is 6.48. The molecule has 1 amide bonds. The number of likely N-dealkylation sites (tertiary alicyclic amines) is 1. The Kier molecular flexibility index (Phi) is 9.99. The van der Waals surface area contributed by atoms with Gasteiger partial charge in [0.05, 0.1) is 19.3 Å². The molecule has 1 aromatic heterocycles. The fraction of sp³-hybridized carbons (Fsp3) is 0.696. The number of carbonyl (C=O) groups excluding carboxylic acids is 1. The topological polar surface area (TPSA) is 76.5 Å². The van der Waals surface area contributed by atoms with Crippen LogP contribution in [0, 0.1) is 0 Å². The summed E-state index contributed by atoms with van der Waals surface area (Å²) in [6, 6.07) is 4.07. The van der Waals surface area contributed by atoms with Crippen LogP contribution in [0.2, 0.25) is 0 Å². The third-order valence-electron chi connectivity index (χ3n) is 6.76. The van der Waals surface area contributed by atoms with Crippen LogP contribution >= 0.6 is 24.0 Å². The van der Waals surface area contributed by atoms with Crippen molar-refractivity contribution < 1.29 is 9.53 Å². The van der Waals surface area contributed by atoms with Crippen molar-refractivity contribution in [2.75, 3.05) is 77.5 Å². The number of pyridine rings is 1. The molecule has 33 heavy (non-hydrogen) atoms. The van der Waals surface area contributed by atoms with Gasteiger partial charge in [0.2, 0.25) is 5.91 Å². The number of morpholine rings is 1. The summed E-state index contributed by atoms with van der Waals surface area (Å²) in [5.41, 5.74) is 1.17. The predicted molar refractivity (Wildman–Crippen MR) is 141 cm³/mol. The average molecular weight is 572 g/mol. The molecule has 1 unspecified atom stereocenters. The lowest BCUT2D eigenvalue weighted by molar-refractivity contribution is -0.135. The first kappa shape index (κ1) is 26.0. The van der Waals surface area contributed by atoms with E-state index >= 15 is 0 Å². The van der Waals surface area contributed by atoms with Crippen molar-refractivity contribution in [3.8, 4) is 0 Å². The molecule has 184 valence electrons. The van der Waals surface area contributed by atoms with E-state index in [1.54, 1.807) is 0 Å². The maximum absolute atomic E-state index is 12.8. The third-order valence-corrected chi connectivity index (χ3v) is 6.76. The Morgan fingerprint density at radius 1 is 1.09 bits per heavy atom. The van der Waals surface area contributed by atoms with Crippen LogP contribution < -0.4 is 10.2 Å². The van der Waals surface area contributed by atoms with Crippen LogP contribution in [-0.4, -0.2) is 110 Å². The van der Waals surface area contributed by atoms with Gasteiger partial charge in [-0.1, -0.05) is 6.07 Å². The van der Waals surface area contributed by atoms with Gasteiger partial charge in [0.15, 0.2) is 5.96 Å². The molecule has 10 heteroatoms. The van der Waals surface area contributed by atoms with E-state index in [0.717, 1.165) is 90.2 Å². The molecule has 0 aliphatic carbocycles. The molecule has 0 aromatic carbocycles. The van der Waals surface area contributed by atoms with Crippen molar-refractivity contribution in [1.82, 2.24) is 25.0 Å². The molecular weight excluding hydrogens is 533 g/mol. The largest absolute Gasteiger partial charge is 0.378 e. The summed E-state index contributed by atoms with van der Waals surface area (Å²) >= 11 is 0. The summed E-state index contributed by atoms with van der Waals surface area (Å²) in [5.74, 6) is 2.21. The second kappa shape index (κ2) is 12.7. The second-order valence-electron chi connectivity index (χ2n) is 8.72. The van der Waals surface area contributed by atoms with E-state index in [1.165, 1.54) is 5.56 Å². The van der Waals surface area contributed by atoms with Gasteiger partial charge in [-0.25, -0.2) is 4.98 Å². The fourth-order valence-corrected chi connectivity index (χ4v) is 4.81. The minimum absolute atomic E-state index is 0. The normalized spacial score (nSPS) is 21.0. The molecule has 4 rings (SSSR count). The molecule has 3 saturated heterocycles. The van der Waals surface area contributed by atoms with Crippen LogP contribution in [0.15, 0.2) is 23.3 Å². The van der Waals surface area contributed by atoms with E-state index in [1.807, 2.05) is 24.2 Å². The minimum Gasteiger partial charge on any atom is -0.378 e. The number of guanidine groups is 1. The first-order chi connectivity index (χ1) is 15.7. The summed E-state index contributed by atoms with van der Waals surface area (Å²) in [6.45, 7) is 11.3. The summed E-state index contributed by atoms with van der Waals surface area (Å²) in [7, 11) is 1.83. The van der Waals surface area contributed by atoms with Gasteiger partial charge in [0.25, 0.3) is 0 Å². The van der Waals surface area contributed by atoms with E-state index in [-0.39, 0.29) is 35.9 Å². The number of carbonyl (C=O) groups is 1. The maximum Gasteiger partial charge on any atom is 0.239 e. The zero-order chi connectivity index (χ0) is 22.3. The molecule has 0 saturated carbocycles. The van der Waals surface area contributed by atoms with Crippen molar-refractivity contribution in [2.45, 2.75) is 32.4 Å². The molecule has 1 atom stereocenters. The number of nitrogens with one attached hydrogen (secondary N) is 1. The Morgan fingerprint density at radius 2 is 1.79 bits per heavy atom. The zero-order valence-electron chi connectivity index (χ0n) is 19.9. The monoisotopic (exact) mass is 571 g/mol. The molecule has 3 aliphatic heterocycles. The number of amides is 1. The highest BCUT2D eigenvalue weighted by atomic mass is 127. The van der Waals surface area contributed by atoms with E-state index in [9.17, 15) is 4.79 Å². The molecule has 1 N–H and O–H groups in total. The lowest BCUT2D eigenvalue weighted by Gasteiger charge is -2.39. The van der Waals surface area contributed by atoms with Crippen LogP contribution in [0.3, 0.4) is 0 Å². The van der Waals surface area contributed by atoms with Crippen LogP contribution in [0.1, 0.15) is 25.3 Å². The van der Waals surface area contributed by atoms with Gasteiger partial charge in [-0.2, -0.15) is 0 Å². The second-order valence-corrected chi connectivity index (χ2v) is 8.72. The number of aliphatic imine (C=N–C) groups is 1. The molecule has 3 aliphatic rings. The lowest BCUT2D eigenvalue weighted by Crippen LogP contribution is -2.57. The minimum atomic E-state index is -0.0447. The fourth-order valence-electron chi connectivity index (χ4n) is 4.81. The highest BCUT2D eigenvalue weighted by molar-refractivity contribution is 14.0.